The van der Waals surface area contributed by atoms with Gasteiger partial charge in [-0.2, -0.15) is 0 Å². The molecule has 3 atom stereocenters. The molecule has 0 bridgehead atoms. The van der Waals surface area contributed by atoms with E-state index in [1.807, 2.05) is 0 Å². The second-order valence-corrected chi connectivity index (χ2v) is 8.19. The molecule has 0 aliphatic rings. The highest BCUT2D eigenvalue weighted by Gasteiger charge is 2.28. The van der Waals surface area contributed by atoms with Crippen LogP contribution in [0.25, 0.3) is 0 Å². The minimum atomic E-state index is -1.29. The lowest BCUT2D eigenvalue weighted by atomic mass is 10.1. The zero-order valence-corrected chi connectivity index (χ0v) is 17.2. The van der Waals surface area contributed by atoms with Gasteiger partial charge in [-0.25, -0.2) is 0 Å². The first-order valence-corrected chi connectivity index (χ1v) is 10.2. The molecule has 22 heavy (non-hydrogen) atoms. The quantitative estimate of drug-likeness (QED) is 0.378. The molecular formula is C18H39O3P. The van der Waals surface area contributed by atoms with Crippen molar-refractivity contribution in [3.05, 3.63) is 0 Å². The van der Waals surface area contributed by atoms with Crippen molar-refractivity contribution in [2.75, 3.05) is 0 Å². The Morgan fingerprint density at radius 1 is 0.545 bits per heavy atom. The van der Waals surface area contributed by atoms with Crippen LogP contribution in [-0.4, -0.2) is 18.3 Å². The maximum atomic E-state index is 6.25. The molecular weight excluding hydrogens is 295 g/mol. The van der Waals surface area contributed by atoms with Gasteiger partial charge in [0.25, 0.3) is 0 Å². The summed E-state index contributed by atoms with van der Waals surface area (Å²) in [5, 5.41) is 0. The Bertz CT molecular complexity index is 226. The lowest BCUT2D eigenvalue weighted by molar-refractivity contribution is 0.0261. The van der Waals surface area contributed by atoms with Crippen molar-refractivity contribution < 1.29 is 13.6 Å². The van der Waals surface area contributed by atoms with Gasteiger partial charge in [0.1, 0.15) is 0 Å². The fourth-order valence-electron chi connectivity index (χ4n) is 2.41. The fraction of sp³-hybridized carbons (Fsp3) is 1.00. The molecule has 0 aromatic rings. The summed E-state index contributed by atoms with van der Waals surface area (Å²) >= 11 is 0. The second-order valence-electron chi connectivity index (χ2n) is 7.11. The van der Waals surface area contributed by atoms with Crippen LogP contribution in [0.5, 0.6) is 0 Å². The van der Waals surface area contributed by atoms with E-state index in [2.05, 4.69) is 62.3 Å². The average Bonchev–Trinajstić information content (AvgIpc) is 2.45. The molecule has 0 spiro atoms. The maximum absolute atomic E-state index is 6.25. The first kappa shape index (κ1) is 22.3. The monoisotopic (exact) mass is 334 g/mol. The van der Waals surface area contributed by atoms with E-state index >= 15 is 0 Å². The van der Waals surface area contributed by atoms with E-state index in [1.54, 1.807) is 0 Å². The van der Waals surface area contributed by atoms with Crippen molar-refractivity contribution in [2.24, 2.45) is 17.8 Å². The number of hydrogen-bond acceptors (Lipinski definition) is 3. The smallest absolute Gasteiger partial charge is 0.309 e. The Morgan fingerprint density at radius 2 is 0.773 bits per heavy atom. The van der Waals surface area contributed by atoms with Gasteiger partial charge in [0.05, 0.1) is 18.3 Å². The van der Waals surface area contributed by atoms with Gasteiger partial charge in [-0.15, -0.1) is 0 Å². The highest BCUT2D eigenvalue weighted by Crippen LogP contribution is 2.47. The van der Waals surface area contributed by atoms with E-state index in [0.29, 0.717) is 17.8 Å². The van der Waals surface area contributed by atoms with Gasteiger partial charge < -0.3 is 13.6 Å². The fourth-order valence-corrected chi connectivity index (χ4v) is 4.40. The van der Waals surface area contributed by atoms with E-state index in [4.69, 9.17) is 13.6 Å². The number of hydrogen-bond donors (Lipinski definition) is 0. The molecule has 134 valence electrons. The number of rotatable bonds is 12. The van der Waals surface area contributed by atoms with Crippen molar-refractivity contribution in [3.8, 4) is 0 Å². The molecule has 0 heterocycles. The molecule has 0 N–H and O–H groups in total. The van der Waals surface area contributed by atoms with Crippen LogP contribution in [0.3, 0.4) is 0 Å². The van der Waals surface area contributed by atoms with Crippen LogP contribution in [0.4, 0.5) is 0 Å². The molecule has 0 radical (unpaired) electrons. The summed E-state index contributed by atoms with van der Waals surface area (Å²) in [6.07, 6.45) is 3.54. The van der Waals surface area contributed by atoms with Crippen molar-refractivity contribution >= 4 is 8.60 Å². The first-order valence-electron chi connectivity index (χ1n) is 9.06. The van der Waals surface area contributed by atoms with Gasteiger partial charge in [-0.1, -0.05) is 62.3 Å². The van der Waals surface area contributed by atoms with E-state index in [1.165, 1.54) is 0 Å². The molecule has 0 fully saturated rings. The summed E-state index contributed by atoms with van der Waals surface area (Å²) in [5.41, 5.74) is 0. The summed E-state index contributed by atoms with van der Waals surface area (Å²) in [5.74, 6) is 1.42. The van der Waals surface area contributed by atoms with Gasteiger partial charge in [0.2, 0.25) is 0 Å². The molecule has 0 aromatic heterocycles. The van der Waals surface area contributed by atoms with E-state index < -0.39 is 8.60 Å². The zero-order valence-electron chi connectivity index (χ0n) is 16.3. The summed E-state index contributed by atoms with van der Waals surface area (Å²) in [6, 6.07) is 0. The normalized spacial score (nSPS) is 18.0. The molecule has 0 rings (SSSR count). The van der Waals surface area contributed by atoms with Crippen LogP contribution in [0.1, 0.15) is 81.6 Å². The van der Waals surface area contributed by atoms with E-state index in [0.717, 1.165) is 19.3 Å². The lowest BCUT2D eigenvalue weighted by Gasteiger charge is -2.32. The minimum Gasteiger partial charge on any atom is -0.309 e. The van der Waals surface area contributed by atoms with Crippen molar-refractivity contribution in [3.63, 3.8) is 0 Å². The molecule has 0 saturated heterocycles. The SMILES string of the molecule is CCC(OP(OC(CC)C(C)C)OC(CC)C(C)C)C(C)C. The first-order chi connectivity index (χ1) is 10.3. The van der Waals surface area contributed by atoms with Crippen LogP contribution in [0.2, 0.25) is 0 Å². The van der Waals surface area contributed by atoms with Gasteiger partial charge in [-0.3, -0.25) is 0 Å². The van der Waals surface area contributed by atoms with Crippen LogP contribution >= 0.6 is 8.60 Å². The summed E-state index contributed by atoms with van der Waals surface area (Å²) in [6.45, 7) is 19.7. The molecule has 0 aliphatic heterocycles. The predicted molar refractivity (Wildman–Crippen MR) is 96.9 cm³/mol. The topological polar surface area (TPSA) is 27.7 Å². The molecule has 0 amide bonds. The molecule has 3 nitrogen and oxygen atoms in total. The lowest BCUT2D eigenvalue weighted by Crippen LogP contribution is -2.25. The minimum absolute atomic E-state index is 0.195. The van der Waals surface area contributed by atoms with Crippen molar-refractivity contribution in [1.29, 1.82) is 0 Å². The summed E-state index contributed by atoms with van der Waals surface area (Å²) in [4.78, 5) is 0. The second kappa shape index (κ2) is 11.8. The molecule has 0 aromatic carbocycles. The highest BCUT2D eigenvalue weighted by molar-refractivity contribution is 7.41. The van der Waals surface area contributed by atoms with Crippen molar-refractivity contribution in [1.82, 2.24) is 0 Å². The molecule has 4 heteroatoms. The Labute approximate surface area is 140 Å². The van der Waals surface area contributed by atoms with Crippen LogP contribution in [0, 0.1) is 17.8 Å². The Balaban J connectivity index is 4.95. The Hall–Kier alpha value is 0.310. The highest BCUT2D eigenvalue weighted by atomic mass is 31.2. The summed E-state index contributed by atoms with van der Waals surface area (Å²) < 4.78 is 18.7. The van der Waals surface area contributed by atoms with Crippen LogP contribution < -0.4 is 0 Å². The zero-order chi connectivity index (χ0) is 17.3. The standard InChI is InChI=1S/C18H39O3P/c1-10-16(13(4)5)19-22(20-17(11-2)14(6)7)21-18(12-3)15(8)9/h13-18H,10-12H2,1-9H3. The average molecular weight is 334 g/mol. The molecule has 0 saturated carbocycles. The molecule has 3 unspecified atom stereocenters. The van der Waals surface area contributed by atoms with Gasteiger partial charge in [-0.05, 0) is 37.0 Å². The third-order valence-corrected chi connectivity index (χ3v) is 5.43. The summed E-state index contributed by atoms with van der Waals surface area (Å²) in [7, 11) is -1.29. The third-order valence-electron chi connectivity index (χ3n) is 4.10. The van der Waals surface area contributed by atoms with Gasteiger partial charge in [0.15, 0.2) is 0 Å². The molecule has 0 aliphatic carbocycles. The largest absolute Gasteiger partial charge is 0.333 e. The van der Waals surface area contributed by atoms with Crippen LogP contribution in [-0.2, 0) is 13.6 Å². The van der Waals surface area contributed by atoms with Gasteiger partial charge in [0, 0.05) is 0 Å². The Morgan fingerprint density at radius 3 is 0.909 bits per heavy atom. The predicted octanol–water partition coefficient (Wildman–Crippen LogP) is 6.57. The van der Waals surface area contributed by atoms with Crippen LogP contribution in [0.15, 0.2) is 0 Å². The van der Waals surface area contributed by atoms with Crippen molar-refractivity contribution in [2.45, 2.75) is 99.9 Å². The van der Waals surface area contributed by atoms with E-state index in [9.17, 15) is 0 Å². The van der Waals surface area contributed by atoms with Gasteiger partial charge >= 0.3 is 8.60 Å². The van der Waals surface area contributed by atoms with E-state index in [-0.39, 0.29) is 18.3 Å². The Kier molecular flexibility index (Phi) is 12.0. The third kappa shape index (κ3) is 8.24. The maximum Gasteiger partial charge on any atom is 0.333 e.